The number of nitrogens with zero attached hydrogens (tertiary/aromatic N) is 1. The van der Waals surface area contributed by atoms with E-state index in [0.717, 1.165) is 35.3 Å². The van der Waals surface area contributed by atoms with Gasteiger partial charge in [0.1, 0.15) is 12.1 Å². The van der Waals surface area contributed by atoms with Crippen molar-refractivity contribution in [2.24, 2.45) is 0 Å². The molecular weight excluding hydrogens is 336 g/mol. The van der Waals surface area contributed by atoms with Crippen molar-refractivity contribution in [3.8, 4) is 0 Å². The lowest BCUT2D eigenvalue weighted by Gasteiger charge is -2.27. The normalized spacial score (nSPS) is 21.8. The molecule has 138 valence electrons. The molecule has 1 saturated heterocycles. The fourth-order valence-corrected chi connectivity index (χ4v) is 3.58. The molecule has 1 fully saturated rings. The molecule has 1 aromatic rings. The molecule has 5 amide bonds. The third kappa shape index (κ3) is 3.14. The number of nitrogens with one attached hydrogen (secondary N) is 3. The average molecular weight is 358 g/mol. The van der Waals surface area contributed by atoms with E-state index in [-0.39, 0.29) is 12.5 Å². The second kappa shape index (κ2) is 7.15. The van der Waals surface area contributed by atoms with Gasteiger partial charge in [0.25, 0.3) is 5.91 Å². The molecule has 26 heavy (non-hydrogen) atoms. The number of hydrogen-bond acceptors (Lipinski definition) is 4. The fourth-order valence-electron chi connectivity index (χ4n) is 3.58. The van der Waals surface area contributed by atoms with E-state index < -0.39 is 29.9 Å². The van der Waals surface area contributed by atoms with E-state index in [0.29, 0.717) is 6.42 Å². The minimum Gasteiger partial charge on any atom is -0.358 e. The maximum absolute atomic E-state index is 13.1. The zero-order chi connectivity index (χ0) is 18.7. The minimum absolute atomic E-state index is 0.201. The number of carbonyl (C=O) groups is 4. The zero-order valence-electron chi connectivity index (χ0n) is 14.6. The molecule has 1 aromatic carbocycles. The van der Waals surface area contributed by atoms with Crippen LogP contribution in [0.4, 0.5) is 4.79 Å². The lowest BCUT2D eigenvalue weighted by molar-refractivity contribution is -0.135. The van der Waals surface area contributed by atoms with Gasteiger partial charge in [-0.05, 0) is 36.8 Å². The number of rotatable bonds is 4. The van der Waals surface area contributed by atoms with E-state index in [9.17, 15) is 19.2 Å². The highest BCUT2D eigenvalue weighted by molar-refractivity contribution is 6.09. The number of benzene rings is 1. The van der Waals surface area contributed by atoms with Gasteiger partial charge in [-0.15, -0.1) is 0 Å². The van der Waals surface area contributed by atoms with Gasteiger partial charge in [0.15, 0.2) is 0 Å². The van der Waals surface area contributed by atoms with Crippen LogP contribution in [0.2, 0.25) is 0 Å². The first-order chi connectivity index (χ1) is 12.5. The molecule has 1 aliphatic heterocycles. The van der Waals surface area contributed by atoms with Gasteiger partial charge >= 0.3 is 6.03 Å². The summed E-state index contributed by atoms with van der Waals surface area (Å²) in [5, 5.41) is 7.61. The highest BCUT2D eigenvalue weighted by atomic mass is 16.2. The fraction of sp³-hybridized carbons (Fsp3) is 0.444. The number of imide groups is 1. The van der Waals surface area contributed by atoms with Crippen molar-refractivity contribution in [2.45, 2.75) is 31.2 Å². The van der Waals surface area contributed by atoms with Gasteiger partial charge in [-0.3, -0.25) is 19.3 Å². The summed E-state index contributed by atoms with van der Waals surface area (Å²) in [7, 11) is 1.46. The number of aryl methyl sites for hydroxylation is 1. The monoisotopic (exact) mass is 358 g/mol. The molecule has 8 nitrogen and oxygen atoms in total. The zero-order valence-corrected chi connectivity index (χ0v) is 14.6. The first-order valence-corrected chi connectivity index (χ1v) is 8.68. The van der Waals surface area contributed by atoms with E-state index in [2.05, 4.69) is 16.0 Å². The molecule has 0 saturated carbocycles. The highest BCUT2D eigenvalue weighted by Gasteiger charge is 2.53. The van der Waals surface area contributed by atoms with E-state index in [4.69, 9.17) is 0 Å². The number of amides is 5. The van der Waals surface area contributed by atoms with Crippen molar-refractivity contribution in [3.05, 3.63) is 35.4 Å². The standard InChI is InChI=1S/C18H22N4O4/c1-19-14(23)10-20-15(24)11-22-16(25)18(21-17(22)26)9-5-4-7-12-6-2-3-8-13(12)18/h2-3,6,8H,4-5,7,9-11H2,1H3,(H,19,23)(H,20,24)(H,21,26)/t18-/m0/s1. The molecule has 2 aliphatic rings. The van der Waals surface area contributed by atoms with E-state index in [1.807, 2.05) is 24.3 Å². The Bertz CT molecular complexity index is 763. The highest BCUT2D eigenvalue weighted by Crippen LogP contribution is 2.38. The molecule has 0 radical (unpaired) electrons. The number of urea groups is 1. The lowest BCUT2D eigenvalue weighted by atomic mass is 9.84. The summed E-state index contributed by atoms with van der Waals surface area (Å²) in [6, 6.07) is 7.03. The molecule has 0 aromatic heterocycles. The lowest BCUT2D eigenvalue weighted by Crippen LogP contribution is -2.46. The van der Waals surface area contributed by atoms with Crippen LogP contribution in [0, 0.1) is 0 Å². The summed E-state index contributed by atoms with van der Waals surface area (Å²) in [6.45, 7) is -0.613. The van der Waals surface area contributed by atoms with Gasteiger partial charge in [-0.1, -0.05) is 24.3 Å². The van der Waals surface area contributed by atoms with Crippen LogP contribution < -0.4 is 16.0 Å². The number of hydrogen-bond donors (Lipinski definition) is 3. The van der Waals surface area contributed by atoms with Crippen molar-refractivity contribution in [2.75, 3.05) is 20.1 Å². The molecule has 0 unspecified atom stereocenters. The van der Waals surface area contributed by atoms with Gasteiger partial charge in [0, 0.05) is 7.05 Å². The summed E-state index contributed by atoms with van der Waals surface area (Å²) in [5.74, 6) is -1.33. The number of likely N-dealkylation sites (N-methyl/N-ethyl adjacent to an activating group) is 1. The molecule has 1 atom stereocenters. The first kappa shape index (κ1) is 17.9. The summed E-state index contributed by atoms with van der Waals surface area (Å²) >= 11 is 0. The van der Waals surface area contributed by atoms with Crippen LogP contribution in [0.3, 0.4) is 0 Å². The van der Waals surface area contributed by atoms with Crippen molar-refractivity contribution >= 4 is 23.8 Å². The van der Waals surface area contributed by atoms with Crippen LogP contribution in [-0.4, -0.2) is 48.8 Å². The van der Waals surface area contributed by atoms with Crippen LogP contribution in [0.15, 0.2) is 24.3 Å². The smallest absolute Gasteiger partial charge is 0.325 e. The molecule has 1 aliphatic carbocycles. The quantitative estimate of drug-likeness (QED) is 0.660. The van der Waals surface area contributed by atoms with Crippen molar-refractivity contribution in [1.29, 1.82) is 0 Å². The topological polar surface area (TPSA) is 108 Å². The Labute approximate surface area is 151 Å². The molecule has 3 rings (SSSR count). The molecule has 0 bridgehead atoms. The maximum atomic E-state index is 13.1. The number of fused-ring (bicyclic) bond motifs is 2. The Hall–Kier alpha value is -2.90. The molecule has 1 heterocycles. The Morgan fingerprint density at radius 1 is 1.19 bits per heavy atom. The maximum Gasteiger partial charge on any atom is 0.325 e. The second-order valence-electron chi connectivity index (χ2n) is 6.54. The van der Waals surface area contributed by atoms with E-state index in [1.54, 1.807) is 0 Å². The average Bonchev–Trinajstić information content (AvgIpc) is 2.79. The van der Waals surface area contributed by atoms with Gasteiger partial charge in [-0.25, -0.2) is 4.79 Å². The molecule has 3 N–H and O–H groups in total. The summed E-state index contributed by atoms with van der Waals surface area (Å²) in [4.78, 5) is 49.7. The van der Waals surface area contributed by atoms with E-state index in [1.165, 1.54) is 7.05 Å². The molecule has 8 heteroatoms. The summed E-state index contributed by atoms with van der Waals surface area (Å²) in [6.07, 6.45) is 3.10. The van der Waals surface area contributed by atoms with Crippen LogP contribution in [0.1, 0.15) is 30.4 Å². The predicted octanol–water partition coefficient (Wildman–Crippen LogP) is 0.0223. The van der Waals surface area contributed by atoms with Crippen molar-refractivity contribution in [1.82, 2.24) is 20.9 Å². The van der Waals surface area contributed by atoms with E-state index >= 15 is 0 Å². The third-order valence-electron chi connectivity index (χ3n) is 4.93. The van der Waals surface area contributed by atoms with Crippen molar-refractivity contribution < 1.29 is 19.2 Å². The van der Waals surface area contributed by atoms with Crippen LogP contribution in [0.5, 0.6) is 0 Å². The first-order valence-electron chi connectivity index (χ1n) is 8.68. The largest absolute Gasteiger partial charge is 0.358 e. The van der Waals surface area contributed by atoms with Gasteiger partial charge in [-0.2, -0.15) is 0 Å². The molecular formula is C18H22N4O4. The Kier molecular flexibility index (Phi) is 4.92. The molecule has 1 spiro atoms. The third-order valence-corrected chi connectivity index (χ3v) is 4.93. The van der Waals surface area contributed by atoms with Crippen LogP contribution in [0.25, 0.3) is 0 Å². The predicted molar refractivity (Wildman–Crippen MR) is 93.0 cm³/mol. The Balaban J connectivity index is 1.81. The van der Waals surface area contributed by atoms with Gasteiger partial charge in [0.05, 0.1) is 6.54 Å². The number of carbonyl (C=O) groups excluding carboxylic acids is 4. The van der Waals surface area contributed by atoms with Gasteiger partial charge < -0.3 is 16.0 Å². The Morgan fingerprint density at radius 2 is 1.96 bits per heavy atom. The van der Waals surface area contributed by atoms with Crippen molar-refractivity contribution in [3.63, 3.8) is 0 Å². The summed E-state index contributed by atoms with van der Waals surface area (Å²) in [5.41, 5.74) is 0.749. The second-order valence-corrected chi connectivity index (χ2v) is 6.54. The SMILES string of the molecule is CNC(=O)CNC(=O)CN1C(=O)N[C@]2(CCCCc3ccccc32)C1=O. The minimum atomic E-state index is -1.11. The van der Waals surface area contributed by atoms with Crippen LogP contribution in [-0.2, 0) is 26.3 Å². The Morgan fingerprint density at radius 3 is 2.73 bits per heavy atom. The van der Waals surface area contributed by atoms with Crippen LogP contribution >= 0.6 is 0 Å². The van der Waals surface area contributed by atoms with Gasteiger partial charge in [0.2, 0.25) is 11.8 Å². The summed E-state index contributed by atoms with van der Waals surface area (Å²) < 4.78 is 0.